The number of carboxylic acids is 1. The summed E-state index contributed by atoms with van der Waals surface area (Å²) >= 11 is 0. The molecule has 0 amide bonds. The van der Waals surface area contributed by atoms with Gasteiger partial charge in [0.25, 0.3) is 0 Å². The lowest BCUT2D eigenvalue weighted by molar-refractivity contribution is -0.211. The molecule has 0 aromatic heterocycles. The molecule has 0 aliphatic rings. The van der Waals surface area contributed by atoms with Crippen molar-refractivity contribution in [3.63, 3.8) is 0 Å². The Kier molecular flexibility index (Phi) is 4.05. The average Bonchev–Trinajstić information content (AvgIpc) is 2.31. The number of hydrogen-bond acceptors (Lipinski definition) is 4. The monoisotopic (exact) mass is 257 g/mol. The highest BCUT2D eigenvalue weighted by Crippen LogP contribution is 2.32. The number of hydrogen-bond donors (Lipinski definition) is 1. The molecule has 0 atom stereocenters. The molecule has 0 radical (unpaired) electrons. The Bertz CT molecular complexity index is 496. The summed E-state index contributed by atoms with van der Waals surface area (Å²) < 4.78 is 34.9. The van der Waals surface area contributed by atoms with Gasteiger partial charge in [-0.3, -0.25) is 0 Å². The molecule has 1 aromatic rings. The maximum atomic E-state index is 12.9. The highest BCUT2D eigenvalue weighted by Gasteiger charge is 2.43. The molecule has 0 fully saturated rings. The number of nitriles is 1. The van der Waals surface area contributed by atoms with Crippen molar-refractivity contribution in [3.05, 3.63) is 23.8 Å². The van der Waals surface area contributed by atoms with Gasteiger partial charge in [-0.15, -0.1) is 0 Å². The second kappa shape index (κ2) is 5.31. The molecule has 1 rings (SSSR count). The van der Waals surface area contributed by atoms with E-state index < -0.39 is 17.8 Å². The van der Waals surface area contributed by atoms with Crippen LogP contribution in [0.3, 0.4) is 0 Å². The fourth-order valence-corrected chi connectivity index (χ4v) is 1.11. The highest BCUT2D eigenvalue weighted by atomic mass is 19.3. The predicted molar refractivity (Wildman–Crippen MR) is 55.5 cm³/mol. The van der Waals surface area contributed by atoms with Crippen LogP contribution in [-0.4, -0.2) is 23.8 Å². The molecule has 0 unspecified atom stereocenters. The summed E-state index contributed by atoms with van der Waals surface area (Å²) in [6.07, 6.45) is -4.36. The Labute approximate surface area is 101 Å². The summed E-state index contributed by atoms with van der Waals surface area (Å²) in [5.74, 6) is -2.96. The minimum Gasteiger partial charge on any atom is -0.490 e. The summed E-state index contributed by atoms with van der Waals surface area (Å²) in [5, 5.41) is 16.9. The summed E-state index contributed by atoms with van der Waals surface area (Å²) in [7, 11) is 0. The van der Waals surface area contributed by atoms with Crippen LogP contribution >= 0.6 is 0 Å². The number of rotatable bonds is 5. The van der Waals surface area contributed by atoms with Crippen molar-refractivity contribution in [1.29, 1.82) is 5.26 Å². The van der Waals surface area contributed by atoms with E-state index in [0.717, 1.165) is 6.07 Å². The molecule has 0 aliphatic heterocycles. The number of alkyl halides is 2. The Morgan fingerprint density at radius 3 is 2.67 bits per heavy atom. The van der Waals surface area contributed by atoms with Crippen molar-refractivity contribution in [3.8, 4) is 17.6 Å². The van der Waals surface area contributed by atoms with Crippen LogP contribution in [0.2, 0.25) is 0 Å². The molecule has 7 heteroatoms. The fraction of sp³-hybridized carbons (Fsp3) is 0.273. The van der Waals surface area contributed by atoms with E-state index in [1.807, 2.05) is 0 Å². The Morgan fingerprint density at radius 1 is 1.50 bits per heavy atom. The quantitative estimate of drug-likeness (QED) is 0.872. The van der Waals surface area contributed by atoms with Gasteiger partial charge in [0.1, 0.15) is 0 Å². The lowest BCUT2D eigenvalue weighted by Crippen LogP contribution is -2.34. The molecule has 18 heavy (non-hydrogen) atoms. The van der Waals surface area contributed by atoms with E-state index in [1.165, 1.54) is 12.1 Å². The molecule has 0 bridgehead atoms. The van der Waals surface area contributed by atoms with E-state index in [9.17, 15) is 13.6 Å². The third kappa shape index (κ3) is 3.07. The minimum atomic E-state index is -4.36. The lowest BCUT2D eigenvalue weighted by Gasteiger charge is -2.16. The number of benzene rings is 1. The Morgan fingerprint density at radius 2 is 2.17 bits per heavy atom. The van der Waals surface area contributed by atoms with Crippen molar-refractivity contribution >= 4 is 5.97 Å². The van der Waals surface area contributed by atoms with Crippen LogP contribution in [0.15, 0.2) is 18.2 Å². The number of ether oxygens (including phenoxy) is 2. The number of carbonyl (C=O) groups is 1. The van der Waals surface area contributed by atoms with Gasteiger partial charge in [-0.1, -0.05) is 0 Å². The van der Waals surface area contributed by atoms with Crippen molar-refractivity contribution < 1.29 is 28.2 Å². The van der Waals surface area contributed by atoms with Gasteiger partial charge >= 0.3 is 12.1 Å². The van der Waals surface area contributed by atoms with Crippen molar-refractivity contribution in [2.75, 3.05) is 6.61 Å². The van der Waals surface area contributed by atoms with E-state index in [0.29, 0.717) is 0 Å². The van der Waals surface area contributed by atoms with Gasteiger partial charge in [0.15, 0.2) is 11.5 Å². The van der Waals surface area contributed by atoms with E-state index in [2.05, 4.69) is 4.74 Å². The SMILES string of the molecule is CCOc1cc(C#N)ccc1OC(F)(F)C(=O)O. The maximum Gasteiger partial charge on any atom is 0.502 e. The first-order valence-corrected chi connectivity index (χ1v) is 4.88. The van der Waals surface area contributed by atoms with Gasteiger partial charge < -0.3 is 14.6 Å². The summed E-state index contributed by atoms with van der Waals surface area (Å²) in [5.41, 5.74) is 0.185. The zero-order chi connectivity index (χ0) is 13.8. The molecule has 0 saturated heterocycles. The number of carboxylic acid groups (broad SMARTS) is 1. The molecule has 5 nitrogen and oxygen atoms in total. The van der Waals surface area contributed by atoms with E-state index >= 15 is 0 Å². The van der Waals surface area contributed by atoms with Crippen LogP contribution in [-0.2, 0) is 4.79 Å². The third-order valence-corrected chi connectivity index (χ3v) is 1.86. The van der Waals surface area contributed by atoms with Crippen LogP contribution in [0.4, 0.5) is 8.78 Å². The van der Waals surface area contributed by atoms with Gasteiger partial charge in [0.2, 0.25) is 0 Å². The summed E-state index contributed by atoms with van der Waals surface area (Å²) in [6.45, 7) is 1.77. The zero-order valence-electron chi connectivity index (χ0n) is 9.31. The Balaban J connectivity index is 3.09. The second-order valence-corrected chi connectivity index (χ2v) is 3.13. The fourth-order valence-electron chi connectivity index (χ4n) is 1.11. The number of aliphatic carboxylic acids is 1. The third-order valence-electron chi connectivity index (χ3n) is 1.86. The van der Waals surface area contributed by atoms with Gasteiger partial charge in [0, 0.05) is 6.07 Å². The second-order valence-electron chi connectivity index (χ2n) is 3.13. The molecular formula is C11H9F2NO4. The summed E-state index contributed by atoms with van der Waals surface area (Å²) in [4.78, 5) is 10.2. The molecule has 0 saturated carbocycles. The van der Waals surface area contributed by atoms with Gasteiger partial charge in [-0.25, -0.2) is 4.79 Å². The lowest BCUT2D eigenvalue weighted by atomic mass is 10.2. The van der Waals surface area contributed by atoms with Crippen LogP contribution in [0.5, 0.6) is 11.5 Å². The van der Waals surface area contributed by atoms with Crippen molar-refractivity contribution in [2.45, 2.75) is 13.0 Å². The zero-order valence-corrected chi connectivity index (χ0v) is 9.31. The minimum absolute atomic E-state index is 0.113. The molecule has 1 N–H and O–H groups in total. The van der Waals surface area contributed by atoms with Crippen LogP contribution in [0.1, 0.15) is 12.5 Å². The van der Waals surface area contributed by atoms with Crippen LogP contribution in [0.25, 0.3) is 0 Å². The van der Waals surface area contributed by atoms with Gasteiger partial charge in [-0.05, 0) is 19.1 Å². The van der Waals surface area contributed by atoms with Gasteiger partial charge in [-0.2, -0.15) is 14.0 Å². The molecule has 0 aliphatic carbocycles. The highest BCUT2D eigenvalue weighted by molar-refractivity contribution is 5.74. The van der Waals surface area contributed by atoms with Crippen LogP contribution < -0.4 is 9.47 Å². The smallest absolute Gasteiger partial charge is 0.490 e. The van der Waals surface area contributed by atoms with E-state index in [4.69, 9.17) is 15.1 Å². The Hall–Kier alpha value is -2.36. The maximum absolute atomic E-state index is 12.9. The number of nitrogens with zero attached hydrogens (tertiary/aromatic N) is 1. The number of halogens is 2. The first-order chi connectivity index (χ1) is 8.40. The largest absolute Gasteiger partial charge is 0.502 e. The molecule has 96 valence electrons. The van der Waals surface area contributed by atoms with Crippen LogP contribution in [0, 0.1) is 11.3 Å². The normalized spacial score (nSPS) is 10.6. The topological polar surface area (TPSA) is 79.5 Å². The molecule has 0 heterocycles. The molecule has 0 spiro atoms. The van der Waals surface area contributed by atoms with Crippen molar-refractivity contribution in [1.82, 2.24) is 0 Å². The summed E-state index contributed by atoms with van der Waals surface area (Å²) in [6, 6.07) is 5.26. The van der Waals surface area contributed by atoms with E-state index in [1.54, 1.807) is 13.0 Å². The standard InChI is InChI=1S/C11H9F2NO4/c1-2-17-9-5-7(6-14)3-4-8(9)18-11(12,13)10(15)16/h3-5H,2H2,1H3,(H,15,16). The van der Waals surface area contributed by atoms with Crippen molar-refractivity contribution in [2.24, 2.45) is 0 Å². The average molecular weight is 257 g/mol. The first kappa shape index (κ1) is 13.7. The van der Waals surface area contributed by atoms with E-state index in [-0.39, 0.29) is 17.9 Å². The predicted octanol–water partition coefficient (Wildman–Crippen LogP) is 2.01. The first-order valence-electron chi connectivity index (χ1n) is 4.88. The molecule has 1 aromatic carbocycles. The molecular weight excluding hydrogens is 248 g/mol. The van der Waals surface area contributed by atoms with Gasteiger partial charge in [0.05, 0.1) is 18.2 Å².